The van der Waals surface area contributed by atoms with Gasteiger partial charge >= 0.3 is 6.09 Å². The monoisotopic (exact) mass is 1010 g/mol. The van der Waals surface area contributed by atoms with Crippen LogP contribution >= 0.6 is 23.1 Å². The Hall–Kier alpha value is -7.46. The van der Waals surface area contributed by atoms with Gasteiger partial charge in [0.05, 0.1) is 41.3 Å². The Bertz CT molecular complexity index is 3260. The minimum absolute atomic E-state index is 0.00546. The Morgan fingerprint density at radius 3 is 2.35 bits per heavy atom. The van der Waals surface area contributed by atoms with Gasteiger partial charge in [0, 0.05) is 62.3 Å². The van der Waals surface area contributed by atoms with Gasteiger partial charge in [0.2, 0.25) is 11.8 Å². The number of thiophene rings is 1. The number of piperazine rings is 1. The zero-order chi connectivity index (χ0) is 50.1. The van der Waals surface area contributed by atoms with Crippen LogP contribution in [0.5, 0.6) is 0 Å². The first-order valence-corrected chi connectivity index (χ1v) is 25.5. The van der Waals surface area contributed by atoms with Gasteiger partial charge < -0.3 is 24.6 Å². The number of carbonyl (C=O) groups is 4. The van der Waals surface area contributed by atoms with Crippen LogP contribution in [0.3, 0.4) is 0 Å². The van der Waals surface area contributed by atoms with Crippen LogP contribution in [0.4, 0.5) is 9.18 Å². The molecule has 18 heteroatoms. The van der Waals surface area contributed by atoms with Crippen molar-refractivity contribution in [1.29, 1.82) is 0 Å². The molecule has 0 unspecified atom stereocenters. The van der Waals surface area contributed by atoms with Crippen LogP contribution in [0.1, 0.15) is 62.7 Å². The number of thioether (sulfide) groups is 1. The molecule has 0 radical (unpaired) electrons. The van der Waals surface area contributed by atoms with Crippen LogP contribution < -0.4 is 10.9 Å². The van der Waals surface area contributed by atoms with Crippen molar-refractivity contribution in [1.82, 2.24) is 40.2 Å². The number of aryl methyl sites for hydroxylation is 1. The Kier molecular flexibility index (Phi) is 15.6. The first kappa shape index (κ1) is 49.5. The van der Waals surface area contributed by atoms with Crippen molar-refractivity contribution in [2.45, 2.75) is 37.6 Å². The van der Waals surface area contributed by atoms with Crippen molar-refractivity contribution < 1.29 is 33.0 Å². The van der Waals surface area contributed by atoms with Gasteiger partial charge in [-0.1, -0.05) is 91.6 Å². The summed E-state index contributed by atoms with van der Waals surface area (Å²) in [5, 5.41) is 12.6. The molecule has 0 atom stereocenters. The van der Waals surface area contributed by atoms with E-state index in [9.17, 15) is 24.0 Å². The number of amides is 4. The lowest BCUT2D eigenvalue weighted by Gasteiger charge is -2.36. The van der Waals surface area contributed by atoms with Crippen molar-refractivity contribution in [2.24, 2.45) is 0 Å². The highest BCUT2D eigenvalue weighted by Gasteiger charge is 2.32. The fourth-order valence-electron chi connectivity index (χ4n) is 8.97. The molecule has 72 heavy (non-hydrogen) atoms. The number of hydrogen-bond donors (Lipinski definition) is 2. The van der Waals surface area contributed by atoms with Crippen LogP contribution in [0.25, 0.3) is 32.1 Å². The number of aromatic nitrogens is 4. The number of benzene rings is 4. The van der Waals surface area contributed by atoms with Crippen molar-refractivity contribution in [3.8, 4) is 23.0 Å². The number of ether oxygens (including phenoxy) is 2. The summed E-state index contributed by atoms with van der Waals surface area (Å²) in [5.74, 6) is 5.71. The summed E-state index contributed by atoms with van der Waals surface area (Å²) in [6.45, 7) is 4.52. The van der Waals surface area contributed by atoms with Gasteiger partial charge in [0.1, 0.15) is 34.6 Å². The van der Waals surface area contributed by atoms with E-state index in [1.807, 2.05) is 67.6 Å². The minimum Gasteiger partial charge on any atom is -0.448 e. The predicted octanol–water partition coefficient (Wildman–Crippen LogP) is 7.19. The van der Waals surface area contributed by atoms with Crippen LogP contribution in [-0.4, -0.2) is 130 Å². The third kappa shape index (κ3) is 11.3. The number of fused-ring (bicyclic) bond motifs is 5. The molecule has 1 fully saturated rings. The molecule has 15 nitrogen and oxygen atoms in total. The molecule has 0 bridgehead atoms. The molecule has 7 aromatic rings. The predicted molar refractivity (Wildman–Crippen MR) is 275 cm³/mol. The first-order valence-electron chi connectivity index (χ1n) is 23.7. The highest BCUT2D eigenvalue weighted by Crippen LogP contribution is 2.44. The quantitative estimate of drug-likeness (QED) is 0.0433. The summed E-state index contributed by atoms with van der Waals surface area (Å²) in [4.78, 5) is 81.8. The molecule has 2 N–H and O–H groups in total. The maximum atomic E-state index is 15.3. The molecule has 1 saturated heterocycles. The van der Waals surface area contributed by atoms with Crippen LogP contribution in [-0.2, 0) is 25.5 Å². The van der Waals surface area contributed by atoms with Gasteiger partial charge in [-0.2, -0.15) is 5.10 Å². The number of aromatic amines is 1. The average Bonchev–Trinajstić information content (AvgIpc) is 3.96. The number of rotatable bonds is 16. The number of nitrogens with one attached hydrogen (secondary N) is 2. The molecule has 3 aromatic heterocycles. The Labute approximate surface area is 423 Å². The van der Waals surface area contributed by atoms with Crippen LogP contribution in [0.15, 0.2) is 107 Å². The van der Waals surface area contributed by atoms with Crippen LogP contribution in [0.2, 0.25) is 0 Å². The molecule has 4 heterocycles. The molecule has 9 rings (SSSR count). The largest absolute Gasteiger partial charge is 0.448 e. The van der Waals surface area contributed by atoms with E-state index < -0.39 is 17.8 Å². The highest BCUT2D eigenvalue weighted by atomic mass is 32.2. The summed E-state index contributed by atoms with van der Waals surface area (Å²) in [7, 11) is 0. The van der Waals surface area contributed by atoms with Crippen molar-refractivity contribution >= 4 is 67.9 Å². The van der Waals surface area contributed by atoms with Gasteiger partial charge in [0.25, 0.3) is 11.5 Å². The van der Waals surface area contributed by atoms with Gasteiger partial charge in [-0.05, 0) is 64.8 Å². The average molecular weight is 1010 g/mol. The van der Waals surface area contributed by atoms with Gasteiger partial charge in [0.15, 0.2) is 0 Å². The number of halogens is 1. The molecule has 1 aliphatic heterocycles. The maximum absolute atomic E-state index is 15.3. The zero-order valence-corrected chi connectivity index (χ0v) is 41.4. The van der Waals surface area contributed by atoms with E-state index in [0.717, 1.165) is 48.1 Å². The smallest absolute Gasteiger partial charge is 0.410 e. The third-order valence-electron chi connectivity index (χ3n) is 12.6. The second-order valence-electron chi connectivity index (χ2n) is 17.2. The lowest BCUT2D eigenvalue weighted by atomic mass is 9.98. The molecule has 1 aliphatic carbocycles. The molecule has 0 saturated carbocycles. The van der Waals surface area contributed by atoms with Crippen molar-refractivity contribution in [2.75, 3.05) is 71.4 Å². The molecule has 4 amide bonds. The minimum atomic E-state index is -0.694. The Morgan fingerprint density at radius 1 is 0.889 bits per heavy atom. The number of H-pyrrole nitrogens is 1. The second kappa shape index (κ2) is 22.7. The van der Waals surface area contributed by atoms with E-state index in [2.05, 4.69) is 44.2 Å². The molecular weight excluding hydrogens is 956 g/mol. The highest BCUT2D eigenvalue weighted by molar-refractivity contribution is 7.99. The van der Waals surface area contributed by atoms with Gasteiger partial charge in [-0.15, -0.1) is 23.1 Å². The third-order valence-corrected chi connectivity index (χ3v) is 14.4. The van der Waals surface area contributed by atoms with Crippen LogP contribution in [0, 0.1) is 24.6 Å². The van der Waals surface area contributed by atoms with E-state index in [1.54, 1.807) is 40.9 Å². The fraction of sp³-hybridized carbons (Fsp3) is 0.296. The Balaban J connectivity index is 0.792. The standard InChI is InChI=1S/C54H51FN8O7S2/c1-3-71-51-44-31-36(72-52(44)58-34(2)57-51)11-10-21-56-48(64)20-27-69-28-26-63(54(68)70-33-45-39-14-6-4-12-37(39)38-13-5-7-15-40(38)45)32-49(65)61-22-24-62(25-23-61)53(67)43-29-35(18-19-46(43)55)30-47-41-16-8-9-17-42(41)50(66)60-59-47/h4-9,12-19,29,31,45H,3,20-28,30,32-33H2,1-2H3,(H,56,64)(H,60,66). The molecule has 2 aliphatic rings. The number of carbonyl (C=O) groups excluding carboxylic acids is 4. The van der Waals surface area contributed by atoms with Crippen molar-refractivity contribution in [3.63, 3.8) is 0 Å². The normalized spacial score (nSPS) is 13.1. The molecule has 0 spiro atoms. The van der Waals surface area contributed by atoms with E-state index in [4.69, 9.17) is 9.47 Å². The van der Waals surface area contributed by atoms with Gasteiger partial charge in [-0.3, -0.25) is 24.1 Å². The van der Waals surface area contributed by atoms with E-state index in [0.29, 0.717) is 27.9 Å². The lowest BCUT2D eigenvalue weighted by molar-refractivity contribution is -0.133. The molecule has 4 aromatic carbocycles. The second-order valence-corrected chi connectivity index (χ2v) is 19.5. The summed E-state index contributed by atoms with van der Waals surface area (Å²) in [6, 6.07) is 29.4. The number of hydrogen-bond acceptors (Lipinski definition) is 12. The van der Waals surface area contributed by atoms with E-state index >= 15 is 4.39 Å². The fourth-order valence-corrected chi connectivity index (χ4v) is 10.8. The van der Waals surface area contributed by atoms with E-state index in [-0.39, 0.29) is 107 Å². The SMILES string of the molecule is CCSc1nc(C)nc2sc(C#CCNC(=O)CCOCCN(CC(=O)N3CCN(C(=O)c4cc(Cc5n[nH]c(=O)c6ccccc56)ccc4F)CC3)C(=O)OCC3c4ccccc4-c4ccccc43)cc12. The van der Waals surface area contributed by atoms with E-state index in [1.165, 1.54) is 33.3 Å². The summed E-state index contributed by atoms with van der Waals surface area (Å²) in [5.41, 5.74) is 5.05. The maximum Gasteiger partial charge on any atom is 0.410 e. The summed E-state index contributed by atoms with van der Waals surface area (Å²) >= 11 is 3.15. The Morgan fingerprint density at radius 2 is 1.60 bits per heavy atom. The first-order chi connectivity index (χ1) is 35.0. The summed E-state index contributed by atoms with van der Waals surface area (Å²) in [6.07, 6.45) is -0.385. The molecule has 368 valence electrons. The van der Waals surface area contributed by atoms with Gasteiger partial charge in [-0.25, -0.2) is 24.3 Å². The molecular formula is C54H51FN8O7S2. The topological polar surface area (TPSA) is 180 Å². The summed E-state index contributed by atoms with van der Waals surface area (Å²) < 4.78 is 27.0. The zero-order valence-electron chi connectivity index (χ0n) is 39.7. The van der Waals surface area contributed by atoms with Crippen molar-refractivity contribution in [3.05, 3.63) is 152 Å². The number of nitrogens with zero attached hydrogens (tertiary/aromatic N) is 6. The lowest BCUT2D eigenvalue weighted by Crippen LogP contribution is -2.53.